The average molecular weight is 528 g/mol. The van der Waals surface area contributed by atoms with Gasteiger partial charge in [0.2, 0.25) is 11.8 Å². The highest BCUT2D eigenvalue weighted by atomic mass is 32.2. The zero-order valence-electron chi connectivity index (χ0n) is 21.7. The molecule has 2 amide bonds. The molecular formula is C30H33N5O2S. The normalized spacial score (nSPS) is 15.0. The van der Waals surface area contributed by atoms with Gasteiger partial charge in [0.25, 0.3) is 0 Å². The minimum absolute atomic E-state index is 0.00179. The number of carbonyl (C=O) groups excluding carboxylic acids is 2. The Balaban J connectivity index is 1.31. The Morgan fingerprint density at radius 1 is 1.03 bits per heavy atom. The minimum atomic E-state index is -0.359. The molecule has 0 radical (unpaired) electrons. The number of carbonyl (C=O) groups is 2. The number of anilines is 3. The zero-order valence-corrected chi connectivity index (χ0v) is 22.6. The van der Waals surface area contributed by atoms with Crippen LogP contribution in [-0.4, -0.2) is 59.9 Å². The summed E-state index contributed by atoms with van der Waals surface area (Å²) < 4.78 is 0. The molecule has 0 fully saturated rings. The molecule has 1 aromatic heterocycles. The molecule has 5 rings (SSSR count). The molecule has 8 heteroatoms. The number of hydrogen-bond donors (Lipinski definition) is 3. The average Bonchev–Trinajstić information content (AvgIpc) is 3.32. The van der Waals surface area contributed by atoms with Crippen molar-refractivity contribution in [3.63, 3.8) is 0 Å². The van der Waals surface area contributed by atoms with Crippen molar-refractivity contribution in [3.8, 4) is 0 Å². The van der Waals surface area contributed by atoms with Crippen LogP contribution < -0.4 is 15.5 Å². The van der Waals surface area contributed by atoms with Crippen LogP contribution in [0.3, 0.4) is 0 Å². The lowest BCUT2D eigenvalue weighted by Crippen LogP contribution is -2.49. The third kappa shape index (κ3) is 6.03. The van der Waals surface area contributed by atoms with Gasteiger partial charge in [-0.15, -0.1) is 0 Å². The molecule has 2 heterocycles. The number of nitrogens with zero attached hydrogens (tertiary/aromatic N) is 2. The van der Waals surface area contributed by atoms with E-state index < -0.39 is 0 Å². The molecule has 0 aliphatic carbocycles. The first kappa shape index (κ1) is 25.9. The molecule has 196 valence electrons. The van der Waals surface area contributed by atoms with E-state index >= 15 is 0 Å². The van der Waals surface area contributed by atoms with Crippen LogP contribution in [0.2, 0.25) is 0 Å². The van der Waals surface area contributed by atoms with Gasteiger partial charge in [-0.25, -0.2) is 0 Å². The van der Waals surface area contributed by atoms with E-state index in [2.05, 4.69) is 43.6 Å². The second kappa shape index (κ2) is 11.8. The summed E-state index contributed by atoms with van der Waals surface area (Å²) in [5.74, 6) is 1.35. The number of thioether (sulfide) groups is 1. The summed E-state index contributed by atoms with van der Waals surface area (Å²) in [7, 11) is 4.06. The van der Waals surface area contributed by atoms with Crippen LogP contribution in [-0.2, 0) is 22.6 Å². The highest BCUT2D eigenvalue weighted by Crippen LogP contribution is 2.35. The molecule has 0 saturated heterocycles. The molecule has 0 saturated carbocycles. The van der Waals surface area contributed by atoms with Crippen molar-refractivity contribution in [2.75, 3.05) is 47.7 Å². The molecule has 1 aliphatic heterocycles. The lowest BCUT2D eigenvalue weighted by molar-refractivity contribution is -0.117. The largest absolute Gasteiger partial charge is 0.361 e. The number of fused-ring (bicyclic) bond motifs is 2. The third-order valence-electron chi connectivity index (χ3n) is 6.75. The Hall–Kier alpha value is -3.75. The molecule has 3 N–H and O–H groups in total. The molecule has 4 aromatic rings. The van der Waals surface area contributed by atoms with Crippen molar-refractivity contribution in [1.82, 2.24) is 9.88 Å². The SMILES string of the molecule is CN(C)CCSCC(=O)Nc1ccc(CN2c3ccccc3NC(=O)[C@H]2Cc2c[nH]c3ccccc23)cc1. The molecule has 7 nitrogen and oxygen atoms in total. The topological polar surface area (TPSA) is 80.5 Å². The maximum Gasteiger partial charge on any atom is 0.247 e. The fourth-order valence-corrected chi connectivity index (χ4v) is 5.66. The highest BCUT2D eigenvalue weighted by Gasteiger charge is 2.33. The smallest absolute Gasteiger partial charge is 0.247 e. The number of hydrogen-bond acceptors (Lipinski definition) is 5. The van der Waals surface area contributed by atoms with E-state index in [0.717, 1.165) is 51.4 Å². The van der Waals surface area contributed by atoms with Crippen LogP contribution >= 0.6 is 11.8 Å². The number of amides is 2. The van der Waals surface area contributed by atoms with Gasteiger partial charge in [-0.2, -0.15) is 11.8 Å². The third-order valence-corrected chi connectivity index (χ3v) is 7.68. The molecule has 38 heavy (non-hydrogen) atoms. The van der Waals surface area contributed by atoms with E-state index in [0.29, 0.717) is 18.7 Å². The van der Waals surface area contributed by atoms with Crippen LogP contribution in [0.25, 0.3) is 10.9 Å². The molecular weight excluding hydrogens is 494 g/mol. The van der Waals surface area contributed by atoms with E-state index in [9.17, 15) is 9.59 Å². The van der Waals surface area contributed by atoms with E-state index in [-0.39, 0.29) is 17.9 Å². The summed E-state index contributed by atoms with van der Waals surface area (Å²) in [6.45, 7) is 1.53. The highest BCUT2D eigenvalue weighted by molar-refractivity contribution is 7.99. The predicted octanol–water partition coefficient (Wildman–Crippen LogP) is 4.97. The first-order valence-corrected chi connectivity index (χ1v) is 14.0. The van der Waals surface area contributed by atoms with Crippen LogP contribution in [0.5, 0.6) is 0 Å². The van der Waals surface area contributed by atoms with Gasteiger partial charge in [0.1, 0.15) is 6.04 Å². The van der Waals surface area contributed by atoms with Gasteiger partial charge in [-0.05, 0) is 55.6 Å². The summed E-state index contributed by atoms with van der Waals surface area (Å²) in [6.07, 6.45) is 2.59. The van der Waals surface area contributed by atoms with Gasteiger partial charge >= 0.3 is 0 Å². The van der Waals surface area contributed by atoms with Gasteiger partial charge < -0.3 is 25.4 Å². The van der Waals surface area contributed by atoms with Crippen molar-refractivity contribution >= 4 is 51.5 Å². The van der Waals surface area contributed by atoms with Gasteiger partial charge in [0, 0.05) is 48.1 Å². The molecule has 1 atom stereocenters. The van der Waals surface area contributed by atoms with Gasteiger partial charge in [0.15, 0.2) is 0 Å². The lowest BCUT2D eigenvalue weighted by Gasteiger charge is -2.38. The Morgan fingerprint density at radius 3 is 2.61 bits per heavy atom. The number of aromatic amines is 1. The molecule has 3 aromatic carbocycles. The fourth-order valence-electron chi connectivity index (χ4n) is 4.76. The van der Waals surface area contributed by atoms with Crippen LogP contribution in [0.15, 0.2) is 79.0 Å². The Morgan fingerprint density at radius 2 is 1.79 bits per heavy atom. The zero-order chi connectivity index (χ0) is 26.5. The quantitative estimate of drug-likeness (QED) is 0.254. The van der Waals surface area contributed by atoms with Gasteiger partial charge in [0.05, 0.1) is 17.1 Å². The Bertz CT molecular complexity index is 1420. The second-order valence-corrected chi connectivity index (χ2v) is 10.9. The monoisotopic (exact) mass is 527 g/mol. The van der Waals surface area contributed by atoms with Gasteiger partial charge in [-0.1, -0.05) is 42.5 Å². The second-order valence-electron chi connectivity index (χ2n) is 9.81. The maximum atomic E-state index is 13.3. The number of nitrogens with one attached hydrogen (secondary N) is 3. The van der Waals surface area contributed by atoms with Crippen molar-refractivity contribution < 1.29 is 9.59 Å². The van der Waals surface area contributed by atoms with E-state index in [4.69, 9.17) is 0 Å². The van der Waals surface area contributed by atoms with Crippen LogP contribution in [0.4, 0.5) is 17.1 Å². The fraction of sp³-hybridized carbons (Fsp3) is 0.267. The number of aromatic nitrogens is 1. The van der Waals surface area contributed by atoms with Crippen LogP contribution in [0, 0.1) is 0 Å². The first-order chi connectivity index (χ1) is 18.5. The van der Waals surface area contributed by atoms with Gasteiger partial charge in [-0.3, -0.25) is 9.59 Å². The Labute approximate surface area is 227 Å². The van der Waals surface area contributed by atoms with Crippen LogP contribution in [0.1, 0.15) is 11.1 Å². The number of rotatable bonds is 10. The first-order valence-electron chi connectivity index (χ1n) is 12.8. The number of para-hydroxylation sites is 3. The van der Waals surface area contributed by atoms with Crippen molar-refractivity contribution in [2.24, 2.45) is 0 Å². The van der Waals surface area contributed by atoms with E-state index in [1.165, 1.54) is 0 Å². The van der Waals surface area contributed by atoms with E-state index in [1.807, 2.05) is 74.9 Å². The predicted molar refractivity (Wildman–Crippen MR) is 158 cm³/mol. The number of H-pyrrole nitrogens is 1. The summed E-state index contributed by atoms with van der Waals surface area (Å²) >= 11 is 1.63. The summed E-state index contributed by atoms with van der Waals surface area (Å²) in [5.41, 5.74) is 5.86. The lowest BCUT2D eigenvalue weighted by atomic mass is 9.98. The summed E-state index contributed by atoms with van der Waals surface area (Å²) in [4.78, 5) is 33.3. The minimum Gasteiger partial charge on any atom is -0.361 e. The molecule has 1 aliphatic rings. The summed E-state index contributed by atoms with van der Waals surface area (Å²) in [6, 6.07) is 23.7. The van der Waals surface area contributed by atoms with Crippen molar-refractivity contribution in [3.05, 3.63) is 90.1 Å². The molecule has 0 unspecified atom stereocenters. The maximum absolute atomic E-state index is 13.3. The Kier molecular flexibility index (Phi) is 8.00. The van der Waals surface area contributed by atoms with E-state index in [1.54, 1.807) is 11.8 Å². The van der Waals surface area contributed by atoms with Crippen molar-refractivity contribution in [1.29, 1.82) is 0 Å². The van der Waals surface area contributed by atoms with Crippen molar-refractivity contribution in [2.45, 2.75) is 19.0 Å². The molecule has 0 spiro atoms. The molecule has 0 bridgehead atoms. The summed E-state index contributed by atoms with van der Waals surface area (Å²) in [5, 5.41) is 7.22. The number of benzene rings is 3. The standard InChI is InChI=1S/C30H33N5O2S/c1-34(2)15-16-38-20-29(36)32-23-13-11-21(12-14-23)19-35-27-10-6-5-9-26(27)33-30(37)28(35)17-22-18-31-25-8-4-3-7-24(22)25/h3-14,18,28,31H,15-17,19-20H2,1-2H3,(H,32,36)(H,33,37)/t28-/m1/s1.